The van der Waals surface area contributed by atoms with Crippen LogP contribution in [0.25, 0.3) is 0 Å². The highest BCUT2D eigenvalue weighted by atomic mass is 35.5. The van der Waals surface area contributed by atoms with Crippen molar-refractivity contribution in [1.29, 1.82) is 0 Å². The molecule has 0 spiro atoms. The summed E-state index contributed by atoms with van der Waals surface area (Å²) in [5, 5.41) is 4.79. The number of thiophene rings is 1. The highest BCUT2D eigenvalue weighted by Gasteiger charge is 2.02. The number of hydrogen-bond donors (Lipinski definition) is 1. The van der Waals surface area contributed by atoms with Gasteiger partial charge in [0.1, 0.15) is 5.75 Å². The number of carbonyl (C=O) groups is 1. The molecule has 5 nitrogen and oxygen atoms in total. The van der Waals surface area contributed by atoms with Crippen LogP contribution < -0.4 is 10.1 Å². The summed E-state index contributed by atoms with van der Waals surface area (Å²) < 4.78 is 10.7. The quantitative estimate of drug-likeness (QED) is 0.557. The normalized spacial score (nSPS) is 10.9. The first-order valence-electron chi connectivity index (χ1n) is 8.01. The monoisotopic (exact) mass is 416 g/mol. The zero-order valence-electron chi connectivity index (χ0n) is 15.0. The molecular formula is C18H25ClN2O3S2. The molecule has 0 fully saturated rings. The molecular weight excluding hydrogens is 392 g/mol. The Morgan fingerprint density at radius 1 is 1.46 bits per heavy atom. The molecule has 144 valence electrons. The van der Waals surface area contributed by atoms with Crippen LogP contribution in [0.15, 0.2) is 46.7 Å². The standard InChI is InChI=1S/C18H24N2O3S2.ClH/c1-20(2)10-17-9-16(13-25-17)23-7-4-3-6-19-18(21)14-24-12-15-5-8-22-11-15;/h3,5-6,8-9,11,13H,4,7,10,12,14H2,1-2H3,(H,19,21);1H/b6-3-;. The summed E-state index contributed by atoms with van der Waals surface area (Å²) in [6.07, 6.45) is 7.68. The minimum atomic E-state index is -0.00294. The van der Waals surface area contributed by atoms with E-state index in [1.165, 1.54) is 4.88 Å². The largest absolute Gasteiger partial charge is 0.492 e. The van der Waals surface area contributed by atoms with Gasteiger partial charge in [-0.2, -0.15) is 0 Å². The summed E-state index contributed by atoms with van der Waals surface area (Å²) in [5.41, 5.74) is 1.09. The Morgan fingerprint density at radius 2 is 2.31 bits per heavy atom. The molecule has 2 aromatic heterocycles. The minimum absolute atomic E-state index is 0. The highest BCUT2D eigenvalue weighted by Crippen LogP contribution is 2.22. The van der Waals surface area contributed by atoms with Gasteiger partial charge < -0.3 is 19.4 Å². The molecule has 0 radical (unpaired) electrons. The molecule has 0 saturated heterocycles. The van der Waals surface area contributed by atoms with Crippen LogP contribution >= 0.6 is 35.5 Å². The fraction of sp³-hybridized carbons (Fsp3) is 0.389. The predicted octanol–water partition coefficient (Wildman–Crippen LogP) is 4.16. The lowest BCUT2D eigenvalue weighted by Gasteiger charge is -2.06. The SMILES string of the molecule is CN(C)Cc1cc(OCC/C=C\NC(=O)CSCc2ccoc2)cs1.Cl. The zero-order chi connectivity index (χ0) is 17.9. The van der Waals surface area contributed by atoms with Gasteiger partial charge in [-0.25, -0.2) is 0 Å². The van der Waals surface area contributed by atoms with Crippen molar-refractivity contribution in [2.24, 2.45) is 0 Å². The number of rotatable bonds is 11. The minimum Gasteiger partial charge on any atom is -0.492 e. The summed E-state index contributed by atoms with van der Waals surface area (Å²) >= 11 is 3.26. The zero-order valence-corrected chi connectivity index (χ0v) is 17.4. The Kier molecular flexibility index (Phi) is 11.2. The van der Waals surface area contributed by atoms with E-state index in [0.717, 1.165) is 30.0 Å². The van der Waals surface area contributed by atoms with Crippen LogP contribution in [0.4, 0.5) is 0 Å². The van der Waals surface area contributed by atoms with Crippen LogP contribution in [0.5, 0.6) is 5.75 Å². The fourth-order valence-corrected chi connectivity index (χ4v) is 3.68. The Balaban J connectivity index is 0.00000338. The Labute approximate surface area is 169 Å². The van der Waals surface area contributed by atoms with Gasteiger partial charge in [0.15, 0.2) is 0 Å². The second-order valence-corrected chi connectivity index (χ2v) is 7.70. The van der Waals surface area contributed by atoms with E-state index in [1.54, 1.807) is 41.8 Å². The Morgan fingerprint density at radius 3 is 3.04 bits per heavy atom. The molecule has 2 heterocycles. The van der Waals surface area contributed by atoms with Gasteiger partial charge in [0, 0.05) is 34.5 Å². The summed E-state index contributed by atoms with van der Waals surface area (Å²) in [6.45, 7) is 1.53. The van der Waals surface area contributed by atoms with Gasteiger partial charge in [-0.05, 0) is 32.4 Å². The van der Waals surface area contributed by atoms with Gasteiger partial charge in [-0.15, -0.1) is 35.5 Å². The molecule has 0 atom stereocenters. The number of halogens is 1. The molecule has 0 bridgehead atoms. The van der Waals surface area contributed by atoms with Crippen LogP contribution in [0, 0.1) is 0 Å². The first-order chi connectivity index (χ1) is 12.1. The molecule has 2 aromatic rings. The Bertz CT molecular complexity index is 657. The van der Waals surface area contributed by atoms with Crippen molar-refractivity contribution in [3.05, 3.63) is 52.8 Å². The topological polar surface area (TPSA) is 54.7 Å². The van der Waals surface area contributed by atoms with Gasteiger partial charge in [-0.3, -0.25) is 4.79 Å². The van der Waals surface area contributed by atoms with E-state index in [9.17, 15) is 4.79 Å². The van der Waals surface area contributed by atoms with Gasteiger partial charge in [-0.1, -0.05) is 6.08 Å². The summed E-state index contributed by atoms with van der Waals surface area (Å²) in [4.78, 5) is 15.1. The third-order valence-corrected chi connectivity index (χ3v) is 5.00. The van der Waals surface area contributed by atoms with Crippen molar-refractivity contribution in [1.82, 2.24) is 10.2 Å². The molecule has 26 heavy (non-hydrogen) atoms. The van der Waals surface area contributed by atoms with Gasteiger partial charge in [0.05, 0.1) is 24.9 Å². The van der Waals surface area contributed by atoms with Crippen molar-refractivity contribution in [3.63, 3.8) is 0 Å². The Hall–Kier alpha value is -1.41. The number of carbonyl (C=O) groups excluding carboxylic acids is 1. The first kappa shape index (κ1) is 22.6. The average molecular weight is 417 g/mol. The van der Waals surface area contributed by atoms with Gasteiger partial charge >= 0.3 is 0 Å². The number of furan rings is 1. The number of amides is 1. The number of nitrogens with one attached hydrogen (secondary N) is 1. The number of ether oxygens (including phenoxy) is 1. The maximum atomic E-state index is 11.7. The maximum absolute atomic E-state index is 11.7. The number of thioether (sulfide) groups is 1. The van der Waals surface area contributed by atoms with Gasteiger partial charge in [0.25, 0.3) is 0 Å². The molecule has 0 saturated carbocycles. The smallest absolute Gasteiger partial charge is 0.233 e. The molecule has 0 unspecified atom stereocenters. The van der Waals surface area contributed by atoms with E-state index in [4.69, 9.17) is 9.15 Å². The van der Waals surface area contributed by atoms with Crippen LogP contribution in [-0.4, -0.2) is 37.3 Å². The first-order valence-corrected chi connectivity index (χ1v) is 10.0. The third kappa shape index (κ3) is 9.33. The molecule has 0 aromatic carbocycles. The molecule has 1 amide bonds. The number of nitrogens with zero attached hydrogens (tertiary/aromatic N) is 1. The molecule has 8 heteroatoms. The van der Waals surface area contributed by atoms with Crippen molar-refractivity contribution < 1.29 is 13.9 Å². The van der Waals surface area contributed by atoms with Crippen LogP contribution in [0.1, 0.15) is 16.9 Å². The molecule has 0 aliphatic rings. The third-order valence-electron chi connectivity index (χ3n) is 3.10. The lowest BCUT2D eigenvalue weighted by molar-refractivity contribution is -0.117. The lowest BCUT2D eigenvalue weighted by Crippen LogP contribution is -2.19. The molecule has 1 N–H and O–H groups in total. The van der Waals surface area contributed by atoms with Crippen LogP contribution in [0.3, 0.4) is 0 Å². The van der Waals surface area contributed by atoms with E-state index >= 15 is 0 Å². The molecule has 0 aliphatic heterocycles. The second-order valence-electron chi connectivity index (χ2n) is 5.72. The second kappa shape index (κ2) is 12.9. The number of hydrogen-bond acceptors (Lipinski definition) is 6. The lowest BCUT2D eigenvalue weighted by atomic mass is 10.4. The van der Waals surface area contributed by atoms with E-state index in [0.29, 0.717) is 12.4 Å². The van der Waals surface area contributed by atoms with E-state index in [-0.39, 0.29) is 18.3 Å². The highest BCUT2D eigenvalue weighted by molar-refractivity contribution is 7.99. The van der Waals surface area contributed by atoms with Crippen molar-refractivity contribution >= 4 is 41.4 Å². The van der Waals surface area contributed by atoms with E-state index in [2.05, 4.69) is 30.4 Å². The summed E-state index contributed by atoms with van der Waals surface area (Å²) in [7, 11) is 4.10. The maximum Gasteiger partial charge on any atom is 0.233 e. The van der Waals surface area contributed by atoms with Crippen LogP contribution in [0.2, 0.25) is 0 Å². The van der Waals surface area contributed by atoms with Crippen molar-refractivity contribution in [2.45, 2.75) is 18.7 Å². The van der Waals surface area contributed by atoms with Crippen molar-refractivity contribution in [2.75, 3.05) is 26.5 Å². The predicted molar refractivity (Wildman–Crippen MR) is 111 cm³/mol. The molecule has 2 rings (SSSR count). The van der Waals surface area contributed by atoms with E-state index < -0.39 is 0 Å². The van der Waals surface area contributed by atoms with Crippen LogP contribution in [-0.2, 0) is 17.1 Å². The summed E-state index contributed by atoms with van der Waals surface area (Å²) in [5.74, 6) is 2.11. The van der Waals surface area contributed by atoms with Crippen molar-refractivity contribution in [3.8, 4) is 5.75 Å². The van der Waals surface area contributed by atoms with Gasteiger partial charge in [0.2, 0.25) is 5.91 Å². The summed E-state index contributed by atoms with van der Waals surface area (Å²) in [6, 6.07) is 3.98. The molecule has 0 aliphatic carbocycles. The fourth-order valence-electron chi connectivity index (χ4n) is 1.99. The average Bonchev–Trinajstić information content (AvgIpc) is 3.22. The van der Waals surface area contributed by atoms with E-state index in [1.807, 2.05) is 17.5 Å².